The summed E-state index contributed by atoms with van der Waals surface area (Å²) >= 11 is 0. The lowest BCUT2D eigenvalue weighted by Gasteiger charge is -2.19. The molecule has 0 spiro atoms. The largest absolute Gasteiger partial charge is 0.400 e. The summed E-state index contributed by atoms with van der Waals surface area (Å²) in [6.07, 6.45) is 0. The molecule has 0 aromatic rings. The maximum atomic E-state index is 10.3. The minimum absolute atomic E-state index is 0.654. The fourth-order valence-corrected chi connectivity index (χ4v) is 1.18. The van der Waals surface area contributed by atoms with E-state index in [9.17, 15) is 4.57 Å². The lowest BCUT2D eigenvalue weighted by molar-refractivity contribution is 0.111. The highest BCUT2D eigenvalue weighted by Gasteiger charge is 2.21. The summed E-state index contributed by atoms with van der Waals surface area (Å²) in [7, 11) is -3.79. The first-order valence-corrected chi connectivity index (χ1v) is 4.17. The second-order valence-electron chi connectivity index (χ2n) is 2.77. The topological polar surface area (TPSA) is 72.5 Å². The molecule has 0 bridgehead atoms. The van der Waals surface area contributed by atoms with E-state index in [1.54, 1.807) is 20.8 Å². The summed E-state index contributed by atoms with van der Waals surface area (Å²) in [5.74, 6) is 0. The monoisotopic (exact) mass is 153 g/mol. The Balaban J connectivity index is 3.90. The Morgan fingerprint density at radius 3 is 1.89 bits per heavy atom. The third kappa shape index (κ3) is 8.11. The Hall–Kier alpha value is 0.110. The molecule has 0 saturated carbocycles. The Bertz CT molecular complexity index is 133. The second-order valence-corrected chi connectivity index (χ2v) is 4.08. The van der Waals surface area contributed by atoms with Crippen molar-refractivity contribution in [3.8, 4) is 0 Å². The zero-order valence-corrected chi connectivity index (χ0v) is 6.68. The van der Waals surface area contributed by atoms with Gasteiger partial charge in [-0.2, -0.15) is 0 Å². The standard InChI is InChI=1S/C4H12NO3P/c1-4(2,3)8-9(5,6)7/h1-3H3,(H3,5,6,7). The van der Waals surface area contributed by atoms with Gasteiger partial charge < -0.3 is 4.89 Å². The molecule has 0 aromatic heterocycles. The molecule has 0 aliphatic carbocycles. The molecule has 1 atom stereocenters. The van der Waals surface area contributed by atoms with E-state index in [1.165, 1.54) is 0 Å². The van der Waals surface area contributed by atoms with Crippen LogP contribution in [0.25, 0.3) is 0 Å². The lowest BCUT2D eigenvalue weighted by atomic mass is 10.2. The van der Waals surface area contributed by atoms with Gasteiger partial charge in [0.1, 0.15) is 0 Å². The molecule has 0 fully saturated rings. The molecule has 5 heteroatoms. The van der Waals surface area contributed by atoms with Crippen LogP contribution in [0.5, 0.6) is 0 Å². The first-order valence-electron chi connectivity index (χ1n) is 2.53. The molecule has 3 N–H and O–H groups in total. The fourth-order valence-electron chi connectivity index (χ4n) is 0.392. The molecule has 4 nitrogen and oxygen atoms in total. The van der Waals surface area contributed by atoms with E-state index in [-0.39, 0.29) is 0 Å². The van der Waals surface area contributed by atoms with Crippen LogP contribution in [-0.2, 0) is 9.09 Å². The van der Waals surface area contributed by atoms with E-state index in [0.717, 1.165) is 0 Å². The molecule has 0 aliphatic rings. The summed E-state index contributed by atoms with van der Waals surface area (Å²) in [5.41, 5.74) is 4.06. The van der Waals surface area contributed by atoms with Crippen molar-refractivity contribution in [3.63, 3.8) is 0 Å². The molecular formula is C4H12NO3P. The van der Waals surface area contributed by atoms with Gasteiger partial charge >= 0.3 is 7.75 Å². The highest BCUT2D eigenvalue weighted by atomic mass is 31.2. The number of rotatable bonds is 1. The average Bonchev–Trinajstić information content (AvgIpc) is 1.14. The highest BCUT2D eigenvalue weighted by molar-refractivity contribution is 7.50. The van der Waals surface area contributed by atoms with Gasteiger partial charge in [0, 0.05) is 0 Å². The fraction of sp³-hybridized carbons (Fsp3) is 1.00. The van der Waals surface area contributed by atoms with Crippen LogP contribution in [-0.4, -0.2) is 10.5 Å². The van der Waals surface area contributed by atoms with Gasteiger partial charge in [-0.25, -0.2) is 10.1 Å². The van der Waals surface area contributed by atoms with Gasteiger partial charge in [-0.1, -0.05) is 0 Å². The van der Waals surface area contributed by atoms with Crippen molar-refractivity contribution in [2.24, 2.45) is 5.50 Å². The Morgan fingerprint density at radius 2 is 1.89 bits per heavy atom. The maximum absolute atomic E-state index is 10.3. The summed E-state index contributed by atoms with van der Waals surface area (Å²) in [6, 6.07) is 0. The van der Waals surface area contributed by atoms with Gasteiger partial charge in [0.2, 0.25) is 0 Å². The lowest BCUT2D eigenvalue weighted by Crippen LogP contribution is -2.19. The van der Waals surface area contributed by atoms with Gasteiger partial charge in [0.05, 0.1) is 5.60 Å². The van der Waals surface area contributed by atoms with Gasteiger partial charge in [-0.15, -0.1) is 0 Å². The van der Waals surface area contributed by atoms with Crippen molar-refractivity contribution in [1.82, 2.24) is 0 Å². The maximum Gasteiger partial charge on any atom is 0.400 e. The van der Waals surface area contributed by atoms with Crippen LogP contribution < -0.4 is 5.50 Å². The van der Waals surface area contributed by atoms with Gasteiger partial charge in [-0.3, -0.25) is 4.52 Å². The van der Waals surface area contributed by atoms with E-state index in [2.05, 4.69) is 4.52 Å². The Morgan fingerprint density at radius 1 is 1.56 bits per heavy atom. The van der Waals surface area contributed by atoms with Crippen LogP contribution in [0.1, 0.15) is 20.8 Å². The Labute approximate surface area is 54.6 Å². The zero-order valence-electron chi connectivity index (χ0n) is 5.79. The third-order valence-electron chi connectivity index (χ3n) is 0.405. The highest BCUT2D eigenvalue weighted by Crippen LogP contribution is 2.36. The zero-order chi connectivity index (χ0) is 7.71. The number of hydrogen-bond donors (Lipinski definition) is 2. The molecule has 0 heterocycles. The van der Waals surface area contributed by atoms with E-state index in [4.69, 9.17) is 10.4 Å². The predicted octanol–water partition coefficient (Wildman–Crippen LogP) is 0.861. The van der Waals surface area contributed by atoms with Crippen molar-refractivity contribution in [1.29, 1.82) is 0 Å². The molecule has 0 amide bonds. The predicted molar refractivity (Wildman–Crippen MR) is 34.9 cm³/mol. The summed E-state index contributed by atoms with van der Waals surface area (Å²) < 4.78 is 14.9. The van der Waals surface area contributed by atoms with Gasteiger partial charge in [0.25, 0.3) is 0 Å². The molecule has 0 aliphatic heterocycles. The van der Waals surface area contributed by atoms with Crippen LogP contribution in [0.15, 0.2) is 0 Å². The molecule has 56 valence electrons. The van der Waals surface area contributed by atoms with Crippen molar-refractivity contribution in [2.75, 3.05) is 0 Å². The normalized spacial score (nSPS) is 19.2. The molecule has 1 unspecified atom stereocenters. The van der Waals surface area contributed by atoms with Crippen molar-refractivity contribution in [3.05, 3.63) is 0 Å². The minimum atomic E-state index is -3.79. The Kier molecular flexibility index (Phi) is 2.41. The van der Waals surface area contributed by atoms with Crippen LogP contribution in [0.4, 0.5) is 0 Å². The smallest absolute Gasteiger partial charge is 0.313 e. The number of hydrogen-bond acceptors (Lipinski definition) is 2. The summed E-state index contributed by atoms with van der Waals surface area (Å²) in [5, 5.41) is 0. The third-order valence-corrected chi connectivity index (χ3v) is 1.21. The minimum Gasteiger partial charge on any atom is -0.313 e. The van der Waals surface area contributed by atoms with Crippen LogP contribution in [0, 0.1) is 0 Å². The summed E-state index contributed by atoms with van der Waals surface area (Å²) in [4.78, 5) is 8.46. The average molecular weight is 153 g/mol. The summed E-state index contributed by atoms with van der Waals surface area (Å²) in [6.45, 7) is 4.97. The molecule has 9 heavy (non-hydrogen) atoms. The van der Waals surface area contributed by atoms with Crippen LogP contribution in [0.3, 0.4) is 0 Å². The van der Waals surface area contributed by atoms with Crippen molar-refractivity contribution < 1.29 is 14.0 Å². The van der Waals surface area contributed by atoms with Crippen molar-refractivity contribution in [2.45, 2.75) is 26.4 Å². The molecule has 0 rings (SSSR count). The van der Waals surface area contributed by atoms with Gasteiger partial charge in [-0.05, 0) is 20.8 Å². The van der Waals surface area contributed by atoms with E-state index in [1.807, 2.05) is 0 Å². The van der Waals surface area contributed by atoms with E-state index >= 15 is 0 Å². The van der Waals surface area contributed by atoms with Gasteiger partial charge in [0.15, 0.2) is 0 Å². The van der Waals surface area contributed by atoms with Crippen LogP contribution >= 0.6 is 7.75 Å². The molecule has 0 aromatic carbocycles. The first kappa shape index (κ1) is 9.11. The quantitative estimate of drug-likeness (QED) is 0.548. The van der Waals surface area contributed by atoms with E-state index < -0.39 is 13.3 Å². The number of nitrogens with two attached hydrogens (primary N) is 1. The SMILES string of the molecule is CC(C)(C)OP(N)(=O)O. The molecular weight excluding hydrogens is 141 g/mol. The molecule has 0 saturated heterocycles. The van der Waals surface area contributed by atoms with Crippen molar-refractivity contribution >= 4 is 7.75 Å². The van der Waals surface area contributed by atoms with E-state index in [0.29, 0.717) is 0 Å². The second kappa shape index (κ2) is 2.39. The molecule has 0 radical (unpaired) electrons. The first-order chi connectivity index (χ1) is 3.71. The van der Waals surface area contributed by atoms with Crippen LogP contribution in [0.2, 0.25) is 0 Å².